The maximum absolute atomic E-state index is 13.3. The predicted molar refractivity (Wildman–Crippen MR) is 128 cm³/mol. The number of amides is 1. The monoisotopic (exact) mass is 503 g/mol. The predicted octanol–water partition coefficient (Wildman–Crippen LogP) is 3.32. The number of hydrogen-bond donors (Lipinski definition) is 0. The van der Waals surface area contributed by atoms with Gasteiger partial charge >= 0.3 is 0 Å². The molecule has 2 aromatic carbocycles. The minimum atomic E-state index is -4.05. The molecule has 4 rings (SSSR count). The van der Waals surface area contributed by atoms with Gasteiger partial charge in [-0.05, 0) is 68.0 Å². The quantitative estimate of drug-likeness (QED) is 0.420. The second-order valence-electron chi connectivity index (χ2n) is 8.93. The number of carbonyl (C=O) groups excluding carboxylic acids is 1. The zero-order valence-corrected chi connectivity index (χ0v) is 20.6. The third kappa shape index (κ3) is 4.96. The molecule has 0 atom stereocenters. The van der Waals surface area contributed by atoms with Crippen molar-refractivity contribution in [2.45, 2.75) is 31.1 Å². The highest BCUT2D eigenvalue weighted by Gasteiger charge is 2.46. The highest BCUT2D eigenvalue weighted by molar-refractivity contribution is 7.89. The molecule has 2 aromatic rings. The highest BCUT2D eigenvalue weighted by atomic mass is 32.2. The molecule has 2 fully saturated rings. The molecule has 0 bridgehead atoms. The molecule has 10 nitrogen and oxygen atoms in total. The lowest BCUT2D eigenvalue weighted by Crippen LogP contribution is -2.44. The number of ether oxygens (including phenoxy) is 2. The van der Waals surface area contributed by atoms with E-state index in [1.807, 2.05) is 6.92 Å². The Morgan fingerprint density at radius 3 is 2.29 bits per heavy atom. The first-order valence-corrected chi connectivity index (χ1v) is 13.0. The van der Waals surface area contributed by atoms with Crippen molar-refractivity contribution >= 4 is 21.6 Å². The molecule has 1 amide bonds. The summed E-state index contributed by atoms with van der Waals surface area (Å²) in [6, 6.07) is 10.8. The van der Waals surface area contributed by atoms with Crippen molar-refractivity contribution in [3.8, 4) is 11.5 Å². The van der Waals surface area contributed by atoms with Crippen LogP contribution in [0, 0.1) is 15.5 Å². The van der Waals surface area contributed by atoms with Gasteiger partial charge in [0.05, 0.1) is 24.7 Å². The normalized spacial score (nSPS) is 17.9. The van der Waals surface area contributed by atoms with Gasteiger partial charge in [-0.1, -0.05) is 0 Å². The van der Waals surface area contributed by atoms with Gasteiger partial charge in [0.1, 0.15) is 11.5 Å². The maximum atomic E-state index is 13.3. The number of hydrogen-bond acceptors (Lipinski definition) is 7. The summed E-state index contributed by atoms with van der Waals surface area (Å²) in [7, 11) is -2.69. The minimum Gasteiger partial charge on any atom is -0.497 e. The number of piperidine rings is 1. The van der Waals surface area contributed by atoms with E-state index >= 15 is 0 Å². The van der Waals surface area contributed by atoms with Crippen LogP contribution >= 0.6 is 0 Å². The Balaban J connectivity index is 1.43. The molecule has 35 heavy (non-hydrogen) atoms. The van der Waals surface area contributed by atoms with Gasteiger partial charge in [0, 0.05) is 31.7 Å². The molecule has 0 unspecified atom stereocenters. The molecule has 0 radical (unpaired) electrons. The summed E-state index contributed by atoms with van der Waals surface area (Å²) in [6.07, 6.45) is 2.00. The van der Waals surface area contributed by atoms with Crippen LogP contribution in [0.2, 0.25) is 0 Å². The van der Waals surface area contributed by atoms with Gasteiger partial charge in [-0.2, -0.15) is 4.31 Å². The lowest BCUT2D eigenvalue weighted by molar-refractivity contribution is -0.387. The van der Waals surface area contributed by atoms with Crippen molar-refractivity contribution in [2.24, 2.45) is 5.41 Å². The minimum absolute atomic E-state index is 0.0563. The molecule has 11 heteroatoms. The molecule has 188 valence electrons. The van der Waals surface area contributed by atoms with Gasteiger partial charge < -0.3 is 14.4 Å². The van der Waals surface area contributed by atoms with E-state index in [0.717, 1.165) is 6.07 Å². The number of likely N-dealkylation sites (tertiary alicyclic amines) is 1. The van der Waals surface area contributed by atoms with Crippen LogP contribution in [0.3, 0.4) is 0 Å². The topological polar surface area (TPSA) is 119 Å². The first-order chi connectivity index (χ1) is 16.7. The lowest BCUT2D eigenvalue weighted by atomic mass is 9.78. The Morgan fingerprint density at radius 1 is 1.06 bits per heavy atom. The zero-order valence-electron chi connectivity index (χ0n) is 19.8. The third-order valence-corrected chi connectivity index (χ3v) is 8.80. The molecular formula is C24H29N3O7S. The lowest BCUT2D eigenvalue weighted by Gasteiger charge is -2.39. The average Bonchev–Trinajstić information content (AvgIpc) is 3.28. The fourth-order valence-corrected chi connectivity index (χ4v) is 6.55. The van der Waals surface area contributed by atoms with E-state index in [4.69, 9.17) is 9.47 Å². The molecule has 0 aliphatic carbocycles. The average molecular weight is 504 g/mol. The molecule has 1 spiro atoms. The number of carbonyl (C=O) groups is 1. The van der Waals surface area contributed by atoms with E-state index in [0.29, 0.717) is 56.8 Å². The van der Waals surface area contributed by atoms with E-state index in [-0.39, 0.29) is 28.5 Å². The number of nitrogens with zero attached hydrogens (tertiary/aromatic N) is 3. The number of benzene rings is 2. The van der Waals surface area contributed by atoms with Gasteiger partial charge in [0.2, 0.25) is 10.0 Å². The summed E-state index contributed by atoms with van der Waals surface area (Å²) in [6.45, 7) is 4.09. The fraction of sp³-hybridized carbons (Fsp3) is 0.458. The number of rotatable bonds is 7. The summed E-state index contributed by atoms with van der Waals surface area (Å²) in [5.41, 5.74) is -0.155. The molecule has 0 N–H and O–H groups in total. The van der Waals surface area contributed by atoms with Crippen molar-refractivity contribution in [3.05, 3.63) is 58.1 Å². The van der Waals surface area contributed by atoms with E-state index in [9.17, 15) is 23.3 Å². The summed E-state index contributed by atoms with van der Waals surface area (Å²) >= 11 is 0. The molecule has 2 saturated heterocycles. The van der Waals surface area contributed by atoms with E-state index in [1.165, 1.54) is 23.5 Å². The number of nitro groups is 1. The third-order valence-electron chi connectivity index (χ3n) is 6.91. The number of methoxy groups -OCH3 is 1. The SMILES string of the molecule is CCOc1ccc(C(=O)N2CCC3(CC2)CCN(S(=O)(=O)c2ccc(OC)cc2[N+](=O)[O-])C3)cc1. The van der Waals surface area contributed by atoms with Gasteiger partial charge in [-0.3, -0.25) is 14.9 Å². The van der Waals surface area contributed by atoms with Crippen LogP contribution in [0.5, 0.6) is 11.5 Å². The molecular weight excluding hydrogens is 474 g/mol. The summed E-state index contributed by atoms with van der Waals surface area (Å²) in [5, 5.41) is 11.5. The Morgan fingerprint density at radius 2 is 1.69 bits per heavy atom. The fourth-order valence-electron chi connectivity index (χ4n) is 4.86. The standard InChI is InChI=1S/C24H29N3O7S/c1-3-34-19-6-4-18(5-7-19)23(28)25-13-10-24(11-14-25)12-15-26(17-24)35(31,32)22-9-8-20(33-2)16-21(22)27(29)30/h4-9,16H,3,10-15,17H2,1-2H3. The van der Waals surface area contributed by atoms with Gasteiger partial charge in [0.25, 0.3) is 11.6 Å². The largest absolute Gasteiger partial charge is 0.497 e. The molecule has 2 aliphatic heterocycles. The second kappa shape index (κ2) is 9.82. The van der Waals surface area contributed by atoms with Crippen molar-refractivity contribution < 1.29 is 27.6 Å². The van der Waals surface area contributed by atoms with Crippen LogP contribution in [0.1, 0.15) is 36.5 Å². The van der Waals surface area contributed by atoms with Crippen molar-refractivity contribution in [1.29, 1.82) is 0 Å². The number of sulfonamides is 1. The zero-order chi connectivity index (χ0) is 25.2. The molecule has 0 aromatic heterocycles. The van der Waals surface area contributed by atoms with Crippen LogP contribution in [-0.4, -0.2) is 68.3 Å². The van der Waals surface area contributed by atoms with Crippen molar-refractivity contribution in [2.75, 3.05) is 39.9 Å². The van der Waals surface area contributed by atoms with Crippen molar-refractivity contribution in [1.82, 2.24) is 9.21 Å². The van der Waals surface area contributed by atoms with E-state index < -0.39 is 20.6 Å². The highest BCUT2D eigenvalue weighted by Crippen LogP contribution is 2.43. The molecule has 2 heterocycles. The summed E-state index contributed by atoms with van der Waals surface area (Å²) in [5.74, 6) is 0.878. The smallest absolute Gasteiger partial charge is 0.293 e. The Labute approximate surface area is 204 Å². The van der Waals surface area contributed by atoms with Gasteiger partial charge in [-0.15, -0.1) is 0 Å². The van der Waals surface area contributed by atoms with Crippen LogP contribution in [0.25, 0.3) is 0 Å². The molecule has 0 saturated carbocycles. The second-order valence-corrected chi connectivity index (χ2v) is 10.8. The first-order valence-electron chi connectivity index (χ1n) is 11.5. The number of nitro benzene ring substituents is 1. The van der Waals surface area contributed by atoms with E-state index in [2.05, 4.69) is 0 Å². The summed E-state index contributed by atoms with van der Waals surface area (Å²) < 4.78 is 38.4. The van der Waals surface area contributed by atoms with Crippen LogP contribution in [-0.2, 0) is 10.0 Å². The Hall–Kier alpha value is -3.18. The molecule has 2 aliphatic rings. The van der Waals surface area contributed by atoms with Crippen LogP contribution in [0.15, 0.2) is 47.4 Å². The van der Waals surface area contributed by atoms with Crippen LogP contribution in [0.4, 0.5) is 5.69 Å². The Kier molecular flexibility index (Phi) is 7.00. The Bertz CT molecular complexity index is 1210. The van der Waals surface area contributed by atoms with Crippen molar-refractivity contribution in [3.63, 3.8) is 0 Å². The van der Waals surface area contributed by atoms with Gasteiger partial charge in [0.15, 0.2) is 4.90 Å². The first kappa shape index (κ1) is 24.9. The van der Waals surface area contributed by atoms with Gasteiger partial charge in [-0.25, -0.2) is 8.42 Å². The van der Waals surface area contributed by atoms with Crippen LogP contribution < -0.4 is 9.47 Å². The van der Waals surface area contributed by atoms with E-state index in [1.54, 1.807) is 29.2 Å². The summed E-state index contributed by atoms with van der Waals surface area (Å²) in [4.78, 5) is 25.2. The maximum Gasteiger partial charge on any atom is 0.293 e.